The lowest BCUT2D eigenvalue weighted by molar-refractivity contribution is -0.118. The highest BCUT2D eigenvalue weighted by Gasteiger charge is 2.23. The van der Waals surface area contributed by atoms with E-state index in [2.05, 4.69) is 19.2 Å². The maximum atomic E-state index is 12.8. The monoisotopic (exact) mass is 451 g/mol. The second kappa shape index (κ2) is 10.5. The van der Waals surface area contributed by atoms with Crippen LogP contribution in [0.1, 0.15) is 53.7 Å². The number of thiophene rings is 1. The number of para-hydroxylation sites is 1. The molecule has 168 valence electrons. The Bertz CT molecular complexity index is 1120. The van der Waals surface area contributed by atoms with Gasteiger partial charge in [-0.05, 0) is 55.0 Å². The van der Waals surface area contributed by atoms with E-state index >= 15 is 0 Å². The summed E-state index contributed by atoms with van der Waals surface area (Å²) in [5.74, 6) is 0.179. The summed E-state index contributed by atoms with van der Waals surface area (Å²) >= 11 is 1.30. The highest BCUT2D eigenvalue weighted by molar-refractivity contribution is 7.15. The van der Waals surface area contributed by atoms with Crippen LogP contribution in [0.25, 0.3) is 11.1 Å². The zero-order valence-electron chi connectivity index (χ0n) is 19.2. The van der Waals surface area contributed by atoms with Crippen molar-refractivity contribution in [3.05, 3.63) is 70.1 Å². The summed E-state index contributed by atoms with van der Waals surface area (Å²) in [6, 6.07) is 13.7. The Morgan fingerprint density at radius 2 is 1.81 bits per heavy atom. The summed E-state index contributed by atoms with van der Waals surface area (Å²) in [5, 5.41) is 5.18. The minimum absolute atomic E-state index is 0.150. The molecule has 1 aromatic heterocycles. The van der Waals surface area contributed by atoms with Gasteiger partial charge < -0.3 is 14.8 Å². The topological polar surface area (TPSA) is 64.6 Å². The Morgan fingerprint density at radius 1 is 1.06 bits per heavy atom. The molecule has 0 saturated heterocycles. The summed E-state index contributed by atoms with van der Waals surface area (Å²) in [5.41, 5.74) is 5.38. The van der Waals surface area contributed by atoms with Gasteiger partial charge in [0.15, 0.2) is 6.61 Å². The van der Waals surface area contributed by atoms with Gasteiger partial charge in [0, 0.05) is 10.9 Å². The van der Waals surface area contributed by atoms with E-state index in [1.54, 1.807) is 6.92 Å². The van der Waals surface area contributed by atoms with Crippen LogP contribution in [0.3, 0.4) is 0 Å². The maximum Gasteiger partial charge on any atom is 0.341 e. The van der Waals surface area contributed by atoms with Crippen LogP contribution in [0.15, 0.2) is 47.8 Å². The van der Waals surface area contributed by atoms with Gasteiger partial charge in [0.05, 0.1) is 6.61 Å². The molecule has 0 unspecified atom stereocenters. The number of hydrogen-bond acceptors (Lipinski definition) is 5. The lowest BCUT2D eigenvalue weighted by Crippen LogP contribution is -2.21. The number of amides is 1. The standard InChI is InChI=1S/C26H29NO4S/c1-6-30-26(29)24-21(19-12-11-17(4)18(5)13-19)15-32-25(24)27-23(28)14-31-22-10-8-7-9-20(22)16(2)3/h7-13,15-16H,6,14H2,1-5H3,(H,27,28). The molecule has 3 aromatic rings. The highest BCUT2D eigenvalue weighted by atomic mass is 32.1. The first kappa shape index (κ1) is 23.5. The average Bonchev–Trinajstić information content (AvgIpc) is 3.18. The largest absolute Gasteiger partial charge is 0.483 e. The molecule has 0 bridgehead atoms. The molecular formula is C26H29NO4S. The molecule has 2 aromatic carbocycles. The smallest absolute Gasteiger partial charge is 0.341 e. The second-order valence-electron chi connectivity index (χ2n) is 7.90. The molecular weight excluding hydrogens is 422 g/mol. The van der Waals surface area contributed by atoms with Crippen molar-refractivity contribution in [1.29, 1.82) is 0 Å². The first-order chi connectivity index (χ1) is 15.3. The van der Waals surface area contributed by atoms with Gasteiger partial charge in [-0.2, -0.15) is 0 Å². The molecule has 0 aliphatic carbocycles. The van der Waals surface area contributed by atoms with E-state index in [1.807, 2.05) is 61.7 Å². The predicted molar refractivity (Wildman–Crippen MR) is 130 cm³/mol. The van der Waals surface area contributed by atoms with E-state index in [1.165, 1.54) is 16.9 Å². The lowest BCUT2D eigenvalue weighted by Gasteiger charge is -2.14. The van der Waals surface area contributed by atoms with Crippen LogP contribution in [0.5, 0.6) is 5.75 Å². The first-order valence-corrected chi connectivity index (χ1v) is 11.6. The van der Waals surface area contributed by atoms with E-state index in [9.17, 15) is 9.59 Å². The minimum atomic E-state index is -0.455. The van der Waals surface area contributed by atoms with E-state index < -0.39 is 5.97 Å². The number of hydrogen-bond donors (Lipinski definition) is 1. The molecule has 1 N–H and O–H groups in total. The Labute approximate surface area is 193 Å². The van der Waals surface area contributed by atoms with E-state index in [-0.39, 0.29) is 25.0 Å². The van der Waals surface area contributed by atoms with E-state index in [0.29, 0.717) is 16.3 Å². The predicted octanol–water partition coefficient (Wildman–Crippen LogP) is 6.35. The Kier molecular flexibility index (Phi) is 7.70. The number of benzene rings is 2. The zero-order chi connectivity index (χ0) is 23.3. The third-order valence-corrected chi connectivity index (χ3v) is 6.14. The summed E-state index contributed by atoms with van der Waals surface area (Å²) < 4.78 is 11.1. The molecule has 1 amide bonds. The SMILES string of the molecule is CCOC(=O)c1c(-c2ccc(C)c(C)c2)csc1NC(=O)COc1ccccc1C(C)C. The van der Waals surface area contributed by atoms with Crippen molar-refractivity contribution in [2.24, 2.45) is 0 Å². The summed E-state index contributed by atoms with van der Waals surface area (Å²) in [7, 11) is 0. The number of rotatable bonds is 8. The van der Waals surface area contributed by atoms with Crippen molar-refractivity contribution in [2.45, 2.75) is 40.5 Å². The summed E-state index contributed by atoms with van der Waals surface area (Å²) in [6.07, 6.45) is 0. The van der Waals surface area contributed by atoms with E-state index in [4.69, 9.17) is 9.47 Å². The van der Waals surface area contributed by atoms with Crippen LogP contribution >= 0.6 is 11.3 Å². The molecule has 1 heterocycles. The second-order valence-corrected chi connectivity index (χ2v) is 8.78. The number of carbonyl (C=O) groups excluding carboxylic acids is 2. The molecule has 3 rings (SSSR count). The maximum absolute atomic E-state index is 12.8. The number of anilines is 1. The van der Waals surface area contributed by atoms with Gasteiger partial charge in [0.25, 0.3) is 5.91 Å². The van der Waals surface area contributed by atoms with Gasteiger partial charge in [-0.3, -0.25) is 4.79 Å². The van der Waals surface area contributed by atoms with Crippen molar-refractivity contribution in [3.63, 3.8) is 0 Å². The summed E-state index contributed by atoms with van der Waals surface area (Å²) in [4.78, 5) is 25.4. The van der Waals surface area contributed by atoms with Gasteiger partial charge >= 0.3 is 5.97 Å². The van der Waals surface area contributed by atoms with Crippen LogP contribution in [0, 0.1) is 13.8 Å². The van der Waals surface area contributed by atoms with Crippen LogP contribution in [-0.2, 0) is 9.53 Å². The van der Waals surface area contributed by atoms with Crippen molar-refractivity contribution in [2.75, 3.05) is 18.5 Å². The Hall–Kier alpha value is -3.12. The highest BCUT2D eigenvalue weighted by Crippen LogP contribution is 2.37. The molecule has 0 saturated carbocycles. The third-order valence-electron chi connectivity index (χ3n) is 5.24. The van der Waals surface area contributed by atoms with Gasteiger partial charge in [-0.1, -0.05) is 50.2 Å². The zero-order valence-corrected chi connectivity index (χ0v) is 20.0. The average molecular weight is 452 g/mol. The molecule has 0 radical (unpaired) electrons. The van der Waals surface area contributed by atoms with Gasteiger partial charge in [0.2, 0.25) is 0 Å². The van der Waals surface area contributed by atoms with Crippen molar-refractivity contribution >= 4 is 28.2 Å². The normalized spacial score (nSPS) is 10.8. The van der Waals surface area contributed by atoms with Crippen molar-refractivity contribution < 1.29 is 19.1 Å². The fourth-order valence-electron chi connectivity index (χ4n) is 3.37. The molecule has 0 fully saturated rings. The fraction of sp³-hybridized carbons (Fsp3) is 0.308. The van der Waals surface area contributed by atoms with Gasteiger partial charge in [-0.15, -0.1) is 11.3 Å². The van der Waals surface area contributed by atoms with Crippen LogP contribution < -0.4 is 10.1 Å². The molecule has 0 aliphatic heterocycles. The first-order valence-electron chi connectivity index (χ1n) is 10.7. The molecule has 32 heavy (non-hydrogen) atoms. The number of esters is 1. The Balaban J connectivity index is 1.83. The van der Waals surface area contributed by atoms with Crippen LogP contribution in [0.2, 0.25) is 0 Å². The van der Waals surface area contributed by atoms with Crippen LogP contribution in [0.4, 0.5) is 5.00 Å². The van der Waals surface area contributed by atoms with Gasteiger partial charge in [0.1, 0.15) is 16.3 Å². The molecule has 5 nitrogen and oxygen atoms in total. The molecule has 0 aliphatic rings. The van der Waals surface area contributed by atoms with Crippen molar-refractivity contribution in [1.82, 2.24) is 0 Å². The number of carbonyl (C=O) groups is 2. The van der Waals surface area contributed by atoms with E-state index in [0.717, 1.165) is 22.3 Å². The third kappa shape index (κ3) is 5.37. The molecule has 6 heteroatoms. The number of nitrogens with one attached hydrogen (secondary N) is 1. The van der Waals surface area contributed by atoms with Gasteiger partial charge in [-0.25, -0.2) is 4.79 Å². The number of ether oxygens (including phenoxy) is 2. The summed E-state index contributed by atoms with van der Waals surface area (Å²) in [6.45, 7) is 10.1. The van der Waals surface area contributed by atoms with Crippen LogP contribution in [-0.4, -0.2) is 25.1 Å². The van der Waals surface area contributed by atoms with Crippen molar-refractivity contribution in [3.8, 4) is 16.9 Å². The minimum Gasteiger partial charge on any atom is -0.483 e. The lowest BCUT2D eigenvalue weighted by atomic mass is 9.99. The quantitative estimate of drug-likeness (QED) is 0.405. The number of aryl methyl sites for hydroxylation is 2. The Morgan fingerprint density at radius 3 is 2.50 bits per heavy atom. The molecule has 0 atom stereocenters. The fourth-order valence-corrected chi connectivity index (χ4v) is 4.35. The molecule has 0 spiro atoms.